The third-order valence-electron chi connectivity index (χ3n) is 5.01. The van der Waals surface area contributed by atoms with Crippen molar-refractivity contribution >= 4 is 5.96 Å². The molecule has 3 rings (SSSR count). The highest BCUT2D eigenvalue weighted by molar-refractivity contribution is 5.79. The van der Waals surface area contributed by atoms with Crippen LogP contribution in [0.15, 0.2) is 29.4 Å². The highest BCUT2D eigenvalue weighted by Crippen LogP contribution is 2.23. The molecular weight excluding hydrogens is 352 g/mol. The van der Waals surface area contributed by atoms with Gasteiger partial charge in [0.15, 0.2) is 5.96 Å². The van der Waals surface area contributed by atoms with Gasteiger partial charge in [-0.05, 0) is 63.6 Å². The van der Waals surface area contributed by atoms with Gasteiger partial charge in [0.05, 0.1) is 5.69 Å². The first-order valence-corrected chi connectivity index (χ1v) is 10.2. The second-order valence-corrected chi connectivity index (χ2v) is 7.38. The van der Waals surface area contributed by atoms with Gasteiger partial charge in [0.25, 0.3) is 0 Å². The molecule has 0 radical (unpaired) electrons. The van der Waals surface area contributed by atoms with Crippen LogP contribution in [-0.4, -0.2) is 40.4 Å². The number of aliphatic imine (C=N–C) groups is 1. The fourth-order valence-corrected chi connectivity index (χ4v) is 3.55. The van der Waals surface area contributed by atoms with Gasteiger partial charge in [0.2, 0.25) is 5.88 Å². The van der Waals surface area contributed by atoms with Crippen LogP contribution in [0.5, 0.6) is 5.88 Å². The van der Waals surface area contributed by atoms with Gasteiger partial charge in [-0.2, -0.15) is 5.10 Å². The maximum Gasteiger partial charge on any atom is 0.213 e. The number of hydrogen-bond acceptors (Lipinski definition) is 4. The minimum absolute atomic E-state index is 0.326. The van der Waals surface area contributed by atoms with Crippen molar-refractivity contribution in [3.8, 4) is 5.88 Å². The molecule has 0 unspecified atom stereocenters. The third-order valence-corrected chi connectivity index (χ3v) is 5.01. The molecule has 2 N–H and O–H groups in total. The van der Waals surface area contributed by atoms with Crippen LogP contribution in [0.3, 0.4) is 0 Å². The van der Waals surface area contributed by atoms with E-state index >= 15 is 0 Å². The van der Waals surface area contributed by atoms with E-state index in [2.05, 4.69) is 43.4 Å². The van der Waals surface area contributed by atoms with Crippen molar-refractivity contribution in [1.82, 2.24) is 25.4 Å². The highest BCUT2D eigenvalue weighted by Gasteiger charge is 2.17. The lowest BCUT2D eigenvalue weighted by Crippen LogP contribution is -2.37. The van der Waals surface area contributed by atoms with E-state index in [0.29, 0.717) is 12.6 Å². The van der Waals surface area contributed by atoms with Crippen molar-refractivity contribution in [3.05, 3.63) is 41.3 Å². The summed E-state index contributed by atoms with van der Waals surface area (Å²) in [5.74, 6) is 1.52. The van der Waals surface area contributed by atoms with Crippen molar-refractivity contribution in [2.75, 3.05) is 13.6 Å². The number of rotatable bonds is 8. The molecule has 1 saturated carbocycles. The maximum absolute atomic E-state index is 5.99. The predicted molar refractivity (Wildman–Crippen MR) is 112 cm³/mol. The predicted octanol–water partition coefficient (Wildman–Crippen LogP) is 2.97. The van der Waals surface area contributed by atoms with Crippen molar-refractivity contribution in [3.63, 3.8) is 0 Å². The van der Waals surface area contributed by atoms with Crippen molar-refractivity contribution in [2.45, 2.75) is 65.1 Å². The molecule has 0 saturated heterocycles. The average Bonchev–Trinajstić information content (AvgIpc) is 3.30. The minimum Gasteiger partial charge on any atom is -0.474 e. The molecule has 7 heteroatoms. The Morgan fingerprint density at radius 3 is 2.79 bits per heavy atom. The SMILES string of the molecule is CN=C(NCCCn1nc(C)cc1C)NCc1ccnc(OC2CCCC2)c1. The standard InChI is InChI=1S/C21H32N6O/c1-16-13-17(2)27(26-16)12-6-10-24-21(22-3)25-15-18-9-11-23-20(14-18)28-19-7-4-5-8-19/h9,11,13-14,19H,4-8,10,12,15H2,1-3H3,(H2,22,24,25). The van der Waals surface area contributed by atoms with Gasteiger partial charge in [-0.3, -0.25) is 9.67 Å². The summed E-state index contributed by atoms with van der Waals surface area (Å²) >= 11 is 0. The fourth-order valence-electron chi connectivity index (χ4n) is 3.55. The molecule has 152 valence electrons. The monoisotopic (exact) mass is 384 g/mol. The maximum atomic E-state index is 5.99. The number of guanidine groups is 1. The van der Waals surface area contributed by atoms with E-state index in [0.717, 1.165) is 55.4 Å². The Morgan fingerprint density at radius 2 is 2.07 bits per heavy atom. The molecule has 0 aliphatic heterocycles. The molecule has 0 spiro atoms. The summed E-state index contributed by atoms with van der Waals surface area (Å²) in [7, 11) is 1.79. The molecule has 28 heavy (non-hydrogen) atoms. The molecule has 2 aromatic rings. The lowest BCUT2D eigenvalue weighted by molar-refractivity contribution is 0.201. The molecule has 1 fully saturated rings. The van der Waals surface area contributed by atoms with E-state index in [1.54, 1.807) is 7.05 Å². The van der Waals surface area contributed by atoms with Crippen LogP contribution >= 0.6 is 0 Å². The highest BCUT2D eigenvalue weighted by atomic mass is 16.5. The molecular formula is C21H32N6O. The molecule has 0 atom stereocenters. The first-order valence-electron chi connectivity index (χ1n) is 10.2. The molecule has 7 nitrogen and oxygen atoms in total. The van der Waals surface area contributed by atoms with Gasteiger partial charge >= 0.3 is 0 Å². The van der Waals surface area contributed by atoms with Crippen LogP contribution in [0.25, 0.3) is 0 Å². The number of aromatic nitrogens is 3. The zero-order valence-corrected chi connectivity index (χ0v) is 17.2. The molecule has 2 heterocycles. The smallest absolute Gasteiger partial charge is 0.213 e. The third kappa shape index (κ3) is 5.97. The number of ether oxygens (including phenoxy) is 1. The molecule has 0 amide bonds. The van der Waals surface area contributed by atoms with Gasteiger partial charge in [-0.15, -0.1) is 0 Å². The average molecular weight is 385 g/mol. The topological polar surface area (TPSA) is 76.4 Å². The van der Waals surface area contributed by atoms with E-state index in [4.69, 9.17) is 4.74 Å². The van der Waals surface area contributed by atoms with E-state index in [1.165, 1.54) is 18.5 Å². The quantitative estimate of drug-likeness (QED) is 0.416. The first-order chi connectivity index (χ1) is 13.6. The molecule has 1 aliphatic rings. The molecule has 0 aromatic carbocycles. The van der Waals surface area contributed by atoms with Gasteiger partial charge in [-0.1, -0.05) is 0 Å². The van der Waals surface area contributed by atoms with Crippen LogP contribution in [0.1, 0.15) is 49.1 Å². The molecule has 0 bridgehead atoms. The number of aryl methyl sites for hydroxylation is 3. The van der Waals surface area contributed by atoms with Crippen molar-refractivity contribution in [2.24, 2.45) is 4.99 Å². The number of pyridine rings is 1. The summed E-state index contributed by atoms with van der Waals surface area (Å²) in [4.78, 5) is 8.64. The van der Waals surface area contributed by atoms with Crippen molar-refractivity contribution in [1.29, 1.82) is 0 Å². The Hall–Kier alpha value is -2.57. The second-order valence-electron chi connectivity index (χ2n) is 7.38. The van der Waals surface area contributed by atoms with Gasteiger partial charge in [-0.25, -0.2) is 4.98 Å². The van der Waals surface area contributed by atoms with Crippen LogP contribution in [0.2, 0.25) is 0 Å². The summed E-state index contributed by atoms with van der Waals surface area (Å²) in [5.41, 5.74) is 3.40. The van der Waals surface area contributed by atoms with Gasteiger partial charge in [0.1, 0.15) is 6.10 Å². The summed E-state index contributed by atoms with van der Waals surface area (Å²) in [6, 6.07) is 6.12. The van der Waals surface area contributed by atoms with Crippen LogP contribution in [0.4, 0.5) is 0 Å². The lowest BCUT2D eigenvalue weighted by Gasteiger charge is -2.14. The molecule has 1 aliphatic carbocycles. The van der Waals surface area contributed by atoms with Gasteiger partial charge < -0.3 is 15.4 Å². The summed E-state index contributed by atoms with van der Waals surface area (Å²) in [5, 5.41) is 11.2. The lowest BCUT2D eigenvalue weighted by atomic mass is 10.2. The summed E-state index contributed by atoms with van der Waals surface area (Å²) < 4.78 is 8.04. The van der Waals surface area contributed by atoms with Crippen LogP contribution in [0, 0.1) is 13.8 Å². The minimum atomic E-state index is 0.326. The normalized spacial score (nSPS) is 15.0. The Labute approximate surface area is 167 Å². The Bertz CT molecular complexity index is 779. The van der Waals surface area contributed by atoms with E-state index in [9.17, 15) is 0 Å². The van der Waals surface area contributed by atoms with Crippen molar-refractivity contribution < 1.29 is 4.74 Å². The first kappa shape index (κ1) is 20.2. The van der Waals surface area contributed by atoms with E-state index in [-0.39, 0.29) is 0 Å². The molecule has 2 aromatic heterocycles. The zero-order chi connectivity index (χ0) is 19.8. The second kappa shape index (κ2) is 10.1. The largest absolute Gasteiger partial charge is 0.474 e. The number of nitrogens with one attached hydrogen (secondary N) is 2. The Morgan fingerprint density at radius 1 is 1.25 bits per heavy atom. The summed E-state index contributed by atoms with van der Waals surface area (Å²) in [6.45, 7) is 6.53. The van der Waals surface area contributed by atoms with E-state index < -0.39 is 0 Å². The Balaban J connectivity index is 1.40. The summed E-state index contributed by atoms with van der Waals surface area (Å²) in [6.07, 6.45) is 7.91. The van der Waals surface area contributed by atoms with E-state index in [1.807, 2.05) is 25.3 Å². The fraction of sp³-hybridized carbons (Fsp3) is 0.571. The Kier molecular flexibility index (Phi) is 7.28. The number of hydrogen-bond donors (Lipinski definition) is 2. The van der Waals surface area contributed by atoms with Gasteiger partial charge in [0, 0.05) is 44.6 Å². The zero-order valence-electron chi connectivity index (χ0n) is 17.2. The number of nitrogens with zero attached hydrogens (tertiary/aromatic N) is 4. The van der Waals surface area contributed by atoms with Crippen LogP contribution in [-0.2, 0) is 13.1 Å². The van der Waals surface area contributed by atoms with Crippen LogP contribution < -0.4 is 15.4 Å².